The monoisotopic (exact) mass is 474 g/mol. The third kappa shape index (κ3) is 3.78. The van der Waals surface area contributed by atoms with Crippen LogP contribution in [0, 0.1) is 22.7 Å². The highest BCUT2D eigenvalue weighted by molar-refractivity contribution is 7.98. The second kappa shape index (κ2) is 9.13. The number of nitriles is 2. The average molecular weight is 475 g/mol. The highest BCUT2D eigenvalue weighted by atomic mass is 32.2. The van der Waals surface area contributed by atoms with E-state index in [4.69, 9.17) is 5.73 Å². The third-order valence-corrected chi connectivity index (χ3v) is 7.85. The fraction of sp³-hybridized carbons (Fsp3) is 0.125. The van der Waals surface area contributed by atoms with Crippen molar-refractivity contribution in [1.82, 2.24) is 4.57 Å². The van der Waals surface area contributed by atoms with Crippen LogP contribution in [0.1, 0.15) is 17.0 Å². The van der Waals surface area contributed by atoms with Gasteiger partial charge in [0.05, 0.1) is 33.7 Å². The van der Waals surface area contributed by atoms with Gasteiger partial charge in [-0.05, 0) is 54.0 Å². The van der Waals surface area contributed by atoms with E-state index in [1.54, 1.807) is 29.6 Å². The molecular weight excluding hydrogens is 456 g/mol. The number of nitrogens with zero attached hydrogens (tertiary/aromatic N) is 3. The first kappa shape index (κ1) is 22.0. The van der Waals surface area contributed by atoms with Crippen LogP contribution in [-0.2, 0) is 0 Å². The highest BCUT2D eigenvalue weighted by Gasteiger charge is 2.32. The summed E-state index contributed by atoms with van der Waals surface area (Å²) in [5.74, 6) is -0.522. The standard InChI is InChI=1S/C24H18N4OS3/c1-30-16-7-3-14(4-8-16)11-20-23(29)28-22(27)18(12-25)21(19(13-26)24(28)32-20)15-5-9-17(31-2)10-6-15/h3-11,21H,27H2,1-2H3/b20-11-. The minimum Gasteiger partial charge on any atom is -0.384 e. The second-order valence-corrected chi connectivity index (χ2v) is 9.76. The molecule has 4 rings (SSSR count). The topological polar surface area (TPSA) is 95.6 Å². The number of thiazole rings is 1. The molecule has 5 nitrogen and oxygen atoms in total. The molecule has 32 heavy (non-hydrogen) atoms. The number of benzene rings is 2. The maximum atomic E-state index is 13.2. The predicted octanol–water partition coefficient (Wildman–Crippen LogP) is 3.30. The Morgan fingerprint density at radius 2 is 1.53 bits per heavy atom. The Kier molecular flexibility index (Phi) is 6.29. The first-order chi connectivity index (χ1) is 15.5. The molecule has 0 saturated carbocycles. The van der Waals surface area contributed by atoms with Crippen molar-refractivity contribution >= 4 is 52.3 Å². The van der Waals surface area contributed by atoms with Crippen LogP contribution in [0.4, 0.5) is 0 Å². The van der Waals surface area contributed by atoms with Crippen molar-refractivity contribution in [2.75, 3.05) is 12.5 Å². The van der Waals surface area contributed by atoms with Gasteiger partial charge in [-0.25, -0.2) is 0 Å². The van der Waals surface area contributed by atoms with E-state index >= 15 is 0 Å². The molecular formula is C24H18N4OS3. The molecule has 2 heterocycles. The van der Waals surface area contributed by atoms with Crippen LogP contribution >= 0.6 is 34.9 Å². The van der Waals surface area contributed by atoms with Crippen LogP contribution in [0.2, 0.25) is 0 Å². The van der Waals surface area contributed by atoms with Crippen molar-refractivity contribution in [2.45, 2.75) is 15.7 Å². The fourth-order valence-corrected chi connectivity index (χ4v) is 5.58. The molecule has 0 bridgehead atoms. The summed E-state index contributed by atoms with van der Waals surface area (Å²) in [6, 6.07) is 20.0. The first-order valence-corrected chi connectivity index (χ1v) is 12.8. The number of hydrogen-bond donors (Lipinski definition) is 1. The fourth-order valence-electron chi connectivity index (χ4n) is 3.63. The molecule has 0 fully saturated rings. The van der Waals surface area contributed by atoms with Crippen molar-refractivity contribution in [3.05, 3.63) is 84.8 Å². The Bertz CT molecular complexity index is 1480. The summed E-state index contributed by atoms with van der Waals surface area (Å²) in [7, 11) is 0. The van der Waals surface area contributed by atoms with Crippen LogP contribution in [0.3, 0.4) is 0 Å². The van der Waals surface area contributed by atoms with E-state index < -0.39 is 5.92 Å². The quantitative estimate of drug-likeness (QED) is 0.583. The number of allylic oxidation sites excluding steroid dienone is 1. The second-order valence-electron chi connectivity index (χ2n) is 6.97. The summed E-state index contributed by atoms with van der Waals surface area (Å²) >= 11 is 4.48. The largest absolute Gasteiger partial charge is 0.384 e. The molecule has 0 spiro atoms. The Labute approximate surface area is 197 Å². The maximum absolute atomic E-state index is 13.2. The van der Waals surface area contributed by atoms with Crippen molar-refractivity contribution in [1.29, 1.82) is 10.5 Å². The molecule has 1 aliphatic rings. The van der Waals surface area contributed by atoms with E-state index in [0.717, 1.165) is 20.9 Å². The Morgan fingerprint density at radius 1 is 0.969 bits per heavy atom. The number of rotatable bonds is 4. The van der Waals surface area contributed by atoms with E-state index in [1.165, 1.54) is 15.9 Å². The molecule has 0 aliphatic carbocycles. The van der Waals surface area contributed by atoms with Crippen molar-refractivity contribution in [2.24, 2.45) is 5.73 Å². The van der Waals surface area contributed by atoms with Crippen LogP contribution in [-0.4, -0.2) is 17.1 Å². The van der Waals surface area contributed by atoms with Crippen molar-refractivity contribution in [3.63, 3.8) is 0 Å². The number of fused-ring (bicyclic) bond motifs is 1. The lowest BCUT2D eigenvalue weighted by atomic mass is 9.84. The van der Waals surface area contributed by atoms with Gasteiger partial charge in [-0.2, -0.15) is 10.5 Å². The zero-order chi connectivity index (χ0) is 22.8. The maximum Gasteiger partial charge on any atom is 0.274 e. The van der Waals surface area contributed by atoms with Crippen molar-refractivity contribution < 1.29 is 0 Å². The summed E-state index contributed by atoms with van der Waals surface area (Å²) in [4.78, 5) is 15.4. The minimum atomic E-state index is -0.604. The summed E-state index contributed by atoms with van der Waals surface area (Å²) < 4.78 is 2.24. The van der Waals surface area contributed by atoms with Crippen LogP contribution in [0.15, 0.2) is 68.7 Å². The molecule has 1 aliphatic heterocycles. The number of nitrogens with two attached hydrogens (primary N) is 1. The first-order valence-electron chi connectivity index (χ1n) is 9.58. The normalized spacial score (nSPS) is 15.9. The number of hydrogen-bond acceptors (Lipinski definition) is 7. The van der Waals surface area contributed by atoms with Gasteiger partial charge in [0, 0.05) is 9.79 Å². The predicted molar refractivity (Wildman–Crippen MR) is 133 cm³/mol. The molecule has 2 N–H and O–H groups in total. The van der Waals surface area contributed by atoms with Gasteiger partial charge in [0.15, 0.2) is 0 Å². The van der Waals surface area contributed by atoms with Gasteiger partial charge < -0.3 is 5.73 Å². The van der Waals surface area contributed by atoms with Gasteiger partial charge in [0.1, 0.15) is 10.5 Å². The third-order valence-electron chi connectivity index (χ3n) is 5.25. The summed E-state index contributed by atoms with van der Waals surface area (Å²) in [6.07, 6.45) is 5.78. The molecule has 0 radical (unpaired) electrons. The van der Waals surface area contributed by atoms with Crippen LogP contribution in [0.25, 0.3) is 17.5 Å². The Morgan fingerprint density at radius 3 is 2.06 bits per heavy atom. The Balaban J connectivity index is 1.97. The van der Waals surface area contributed by atoms with Gasteiger partial charge >= 0.3 is 0 Å². The summed E-state index contributed by atoms with van der Waals surface area (Å²) in [6.45, 7) is 0. The SMILES string of the molecule is CSc1ccc(/C=c2\sc3n(c2=O)C(N)=C(C#N)C(c2ccc(SC)cc2)C=3C#N)cc1. The van der Waals surface area contributed by atoms with E-state index in [9.17, 15) is 15.3 Å². The smallest absolute Gasteiger partial charge is 0.274 e. The van der Waals surface area contributed by atoms with Gasteiger partial charge in [-0.1, -0.05) is 24.3 Å². The highest BCUT2D eigenvalue weighted by Crippen LogP contribution is 2.36. The lowest BCUT2D eigenvalue weighted by Gasteiger charge is -2.22. The molecule has 3 aromatic rings. The minimum absolute atomic E-state index is 0.0825. The molecule has 158 valence electrons. The lowest BCUT2D eigenvalue weighted by molar-refractivity contribution is 0.905. The van der Waals surface area contributed by atoms with Gasteiger partial charge in [0.25, 0.3) is 5.56 Å². The molecule has 0 saturated heterocycles. The number of aromatic nitrogens is 1. The molecule has 1 aromatic heterocycles. The zero-order valence-electron chi connectivity index (χ0n) is 17.3. The summed E-state index contributed by atoms with van der Waals surface area (Å²) in [5.41, 5.74) is 8.24. The molecule has 1 atom stereocenters. The van der Waals surface area contributed by atoms with E-state index in [2.05, 4.69) is 12.1 Å². The zero-order valence-corrected chi connectivity index (χ0v) is 19.8. The summed E-state index contributed by atoms with van der Waals surface area (Å²) in [5, 5.41) is 19.9. The molecule has 2 aromatic carbocycles. The van der Waals surface area contributed by atoms with Gasteiger partial charge in [-0.15, -0.1) is 34.9 Å². The average Bonchev–Trinajstić information content (AvgIpc) is 3.15. The van der Waals surface area contributed by atoms with Gasteiger partial charge in [0.2, 0.25) is 0 Å². The molecule has 1 unspecified atom stereocenters. The van der Waals surface area contributed by atoms with E-state index in [0.29, 0.717) is 14.8 Å². The number of thioether (sulfide) groups is 2. The molecule has 0 amide bonds. The van der Waals surface area contributed by atoms with Gasteiger partial charge in [-0.3, -0.25) is 9.36 Å². The molecule has 8 heteroatoms. The Hall–Kier alpha value is -3.17. The van der Waals surface area contributed by atoms with E-state index in [-0.39, 0.29) is 17.0 Å². The van der Waals surface area contributed by atoms with Crippen molar-refractivity contribution in [3.8, 4) is 12.1 Å². The van der Waals surface area contributed by atoms with Crippen LogP contribution in [0.5, 0.6) is 0 Å². The lowest BCUT2D eigenvalue weighted by Crippen LogP contribution is -2.38. The van der Waals surface area contributed by atoms with E-state index in [1.807, 2.05) is 61.0 Å². The van der Waals surface area contributed by atoms with Crippen LogP contribution < -0.4 is 20.5 Å².